The lowest BCUT2D eigenvalue weighted by Gasteiger charge is -2.00. The van der Waals surface area contributed by atoms with E-state index in [9.17, 15) is 4.79 Å². The van der Waals surface area contributed by atoms with Crippen LogP contribution in [0.5, 0.6) is 0 Å². The summed E-state index contributed by atoms with van der Waals surface area (Å²) in [5.41, 5.74) is 1.25. The van der Waals surface area contributed by atoms with Crippen LogP contribution in [0.1, 0.15) is 23.1 Å². The summed E-state index contributed by atoms with van der Waals surface area (Å²) in [7, 11) is 0. The van der Waals surface area contributed by atoms with E-state index < -0.39 is 0 Å². The number of carbonyl (C=O) groups excluding carboxylic acids is 1. The molecule has 1 aromatic carbocycles. The molecule has 78 valence electrons. The van der Waals surface area contributed by atoms with E-state index in [1.54, 1.807) is 24.3 Å². The normalized spacial score (nSPS) is 9.75. The molecule has 0 aliphatic carbocycles. The number of aromatic nitrogens is 4. The Hall–Kier alpha value is -2.55. The van der Waals surface area contributed by atoms with Gasteiger partial charge in [0.2, 0.25) is 0 Å². The number of nitrogens with zero attached hydrogens (tertiary/aromatic N) is 5. The minimum Gasteiger partial charge on any atom is -0.295 e. The van der Waals surface area contributed by atoms with Gasteiger partial charge in [0.15, 0.2) is 5.78 Å². The predicted molar refractivity (Wildman–Crippen MR) is 53.9 cm³/mol. The van der Waals surface area contributed by atoms with Gasteiger partial charge in [-0.2, -0.15) is 9.94 Å². The number of nitriles is 1. The maximum absolute atomic E-state index is 11.1. The van der Waals surface area contributed by atoms with Crippen molar-refractivity contribution in [3.05, 3.63) is 35.7 Å². The molecule has 1 aromatic heterocycles. The molecule has 0 aliphatic rings. The third-order valence-corrected chi connectivity index (χ3v) is 2.09. The van der Waals surface area contributed by atoms with Crippen LogP contribution in [0, 0.1) is 11.3 Å². The second-order valence-electron chi connectivity index (χ2n) is 3.13. The fraction of sp³-hybridized carbons (Fsp3) is 0.100. The number of hydrogen-bond donors (Lipinski definition) is 0. The van der Waals surface area contributed by atoms with Crippen molar-refractivity contribution >= 4 is 5.78 Å². The average molecular weight is 213 g/mol. The van der Waals surface area contributed by atoms with Crippen LogP contribution in [0.25, 0.3) is 5.69 Å². The van der Waals surface area contributed by atoms with Crippen molar-refractivity contribution in [1.82, 2.24) is 20.2 Å². The highest BCUT2D eigenvalue weighted by atomic mass is 16.1. The molecule has 0 atom stereocenters. The van der Waals surface area contributed by atoms with Gasteiger partial charge in [-0.3, -0.25) is 4.79 Å². The summed E-state index contributed by atoms with van der Waals surface area (Å²) in [4.78, 5) is 11.1. The van der Waals surface area contributed by atoms with Crippen molar-refractivity contribution in [2.75, 3.05) is 0 Å². The molecule has 6 heteroatoms. The van der Waals surface area contributed by atoms with Crippen LogP contribution >= 0.6 is 0 Å². The molecule has 6 nitrogen and oxygen atoms in total. The van der Waals surface area contributed by atoms with E-state index in [-0.39, 0.29) is 11.6 Å². The van der Waals surface area contributed by atoms with Crippen molar-refractivity contribution in [2.45, 2.75) is 6.92 Å². The molecule has 0 fully saturated rings. The first kappa shape index (κ1) is 9.98. The zero-order valence-electron chi connectivity index (χ0n) is 8.45. The second kappa shape index (κ2) is 3.90. The van der Waals surface area contributed by atoms with Crippen LogP contribution in [0.2, 0.25) is 0 Å². The van der Waals surface area contributed by atoms with Crippen LogP contribution in [0.3, 0.4) is 0 Å². The number of rotatable bonds is 2. The highest BCUT2D eigenvalue weighted by molar-refractivity contribution is 5.94. The summed E-state index contributed by atoms with van der Waals surface area (Å²) < 4.78 is 1.31. The fourth-order valence-corrected chi connectivity index (χ4v) is 1.27. The van der Waals surface area contributed by atoms with Gasteiger partial charge in [-0.25, -0.2) is 0 Å². The summed E-state index contributed by atoms with van der Waals surface area (Å²) in [5, 5.41) is 19.4. The number of ketones is 1. The Morgan fingerprint density at radius 2 is 2.06 bits per heavy atom. The van der Waals surface area contributed by atoms with E-state index >= 15 is 0 Å². The van der Waals surface area contributed by atoms with Crippen LogP contribution in [0.15, 0.2) is 24.3 Å². The minimum atomic E-state index is -0.0104. The summed E-state index contributed by atoms with van der Waals surface area (Å²) in [6.07, 6.45) is 0. The Kier molecular flexibility index (Phi) is 2.44. The maximum Gasteiger partial charge on any atom is 0.257 e. The smallest absolute Gasteiger partial charge is 0.257 e. The van der Waals surface area contributed by atoms with Gasteiger partial charge in [-0.05, 0) is 41.6 Å². The van der Waals surface area contributed by atoms with Crippen LogP contribution in [-0.4, -0.2) is 26.0 Å². The van der Waals surface area contributed by atoms with Crippen molar-refractivity contribution < 1.29 is 4.79 Å². The molecule has 0 saturated carbocycles. The lowest BCUT2D eigenvalue weighted by Crippen LogP contribution is -2.01. The first-order valence-electron chi connectivity index (χ1n) is 4.52. The molecule has 2 rings (SSSR count). The molecule has 0 saturated heterocycles. The van der Waals surface area contributed by atoms with Gasteiger partial charge in [-0.15, -0.1) is 0 Å². The Labute approximate surface area is 91.1 Å². The van der Waals surface area contributed by atoms with Crippen molar-refractivity contribution in [2.24, 2.45) is 0 Å². The fourth-order valence-electron chi connectivity index (χ4n) is 1.27. The Balaban J connectivity index is 2.43. The zero-order valence-corrected chi connectivity index (χ0v) is 8.45. The van der Waals surface area contributed by atoms with Gasteiger partial charge < -0.3 is 0 Å². The SMILES string of the molecule is CC(=O)c1ccc(-n2nnnc2C#N)cc1. The molecule has 0 aliphatic heterocycles. The topological polar surface area (TPSA) is 84.5 Å². The number of benzene rings is 1. The highest BCUT2D eigenvalue weighted by Crippen LogP contribution is 2.09. The summed E-state index contributed by atoms with van der Waals surface area (Å²) in [5.74, 6) is 0.0966. The zero-order chi connectivity index (χ0) is 11.5. The van der Waals surface area contributed by atoms with Crippen LogP contribution in [-0.2, 0) is 0 Å². The molecule has 0 spiro atoms. The monoisotopic (exact) mass is 213 g/mol. The first-order chi connectivity index (χ1) is 7.72. The van der Waals surface area contributed by atoms with E-state index in [0.29, 0.717) is 11.3 Å². The van der Waals surface area contributed by atoms with Gasteiger partial charge >= 0.3 is 0 Å². The van der Waals surface area contributed by atoms with Crippen molar-refractivity contribution in [3.63, 3.8) is 0 Å². The van der Waals surface area contributed by atoms with Gasteiger partial charge in [0.1, 0.15) is 6.07 Å². The van der Waals surface area contributed by atoms with E-state index in [1.807, 2.05) is 6.07 Å². The molecule has 0 N–H and O–H groups in total. The molecule has 0 radical (unpaired) electrons. The van der Waals surface area contributed by atoms with Gasteiger partial charge in [0, 0.05) is 5.56 Å². The molecule has 0 unspecified atom stereocenters. The van der Waals surface area contributed by atoms with Crippen molar-refractivity contribution in [3.8, 4) is 11.8 Å². The van der Waals surface area contributed by atoms with E-state index in [1.165, 1.54) is 11.6 Å². The lowest BCUT2D eigenvalue weighted by molar-refractivity contribution is 0.101. The number of hydrogen-bond acceptors (Lipinski definition) is 5. The van der Waals surface area contributed by atoms with Crippen LogP contribution < -0.4 is 0 Å². The summed E-state index contributed by atoms with van der Waals surface area (Å²) in [6, 6.07) is 8.58. The predicted octanol–water partition coefficient (Wildman–Crippen LogP) is 0.737. The number of tetrazole rings is 1. The quantitative estimate of drug-likeness (QED) is 0.687. The minimum absolute atomic E-state index is 0.0104. The first-order valence-corrected chi connectivity index (χ1v) is 4.52. The van der Waals surface area contributed by atoms with E-state index in [0.717, 1.165) is 0 Å². The number of carbonyl (C=O) groups is 1. The maximum atomic E-state index is 11.1. The molecule has 0 bridgehead atoms. The van der Waals surface area contributed by atoms with Gasteiger partial charge in [0.25, 0.3) is 5.82 Å². The van der Waals surface area contributed by atoms with Crippen LogP contribution in [0.4, 0.5) is 0 Å². The second-order valence-corrected chi connectivity index (χ2v) is 3.13. The molecule has 2 aromatic rings. The molecule has 1 heterocycles. The van der Waals surface area contributed by atoms with Gasteiger partial charge in [0.05, 0.1) is 5.69 Å². The van der Waals surface area contributed by atoms with E-state index in [2.05, 4.69) is 15.5 Å². The summed E-state index contributed by atoms with van der Waals surface area (Å²) in [6.45, 7) is 1.49. The lowest BCUT2D eigenvalue weighted by atomic mass is 10.1. The third-order valence-electron chi connectivity index (χ3n) is 2.09. The Bertz CT molecular complexity index is 564. The Morgan fingerprint density at radius 3 is 2.62 bits per heavy atom. The number of Topliss-reactive ketones (excluding diaryl/α,β-unsaturated/α-hetero) is 1. The molecular formula is C10H7N5O. The molecule has 0 amide bonds. The van der Waals surface area contributed by atoms with E-state index in [4.69, 9.17) is 5.26 Å². The molecular weight excluding hydrogens is 206 g/mol. The molecule has 16 heavy (non-hydrogen) atoms. The highest BCUT2D eigenvalue weighted by Gasteiger charge is 2.07. The third kappa shape index (κ3) is 1.66. The summed E-state index contributed by atoms with van der Waals surface area (Å²) >= 11 is 0. The average Bonchev–Trinajstić information content (AvgIpc) is 2.77. The standard InChI is InChI=1S/C10H7N5O/c1-7(16)8-2-4-9(5-3-8)15-10(6-11)12-13-14-15/h2-5H,1H3. The van der Waals surface area contributed by atoms with Crippen molar-refractivity contribution in [1.29, 1.82) is 5.26 Å². The largest absolute Gasteiger partial charge is 0.295 e. The Morgan fingerprint density at radius 1 is 1.38 bits per heavy atom. The van der Waals surface area contributed by atoms with Gasteiger partial charge in [-0.1, -0.05) is 5.10 Å².